The molecule has 182 valence electrons. The molecule has 1 aliphatic carbocycles. The number of nitro benzene ring substituents is 2. The number of nitrogens with one attached hydrogen (secondary N) is 2. The van der Waals surface area contributed by atoms with Gasteiger partial charge in [-0.2, -0.15) is 0 Å². The largest absolute Gasteiger partial charge is 0.462 e. The fraction of sp³-hybridized carbons (Fsp3) is 0.500. The Morgan fingerprint density at radius 2 is 1.74 bits per heavy atom. The molecule has 1 heterocycles. The van der Waals surface area contributed by atoms with Gasteiger partial charge in [-0.05, 0) is 37.9 Å². The molecule has 34 heavy (non-hydrogen) atoms. The zero-order chi connectivity index (χ0) is 24.8. The van der Waals surface area contributed by atoms with E-state index in [0.29, 0.717) is 0 Å². The average Bonchev–Trinajstić information content (AvgIpc) is 2.80. The number of carbonyl (C=O) groups is 3. The lowest BCUT2D eigenvalue weighted by Crippen LogP contribution is -2.60. The van der Waals surface area contributed by atoms with Gasteiger partial charge >= 0.3 is 5.97 Å². The first kappa shape index (κ1) is 25.0. The van der Waals surface area contributed by atoms with Crippen LogP contribution in [0.3, 0.4) is 0 Å². The lowest BCUT2D eigenvalue weighted by atomic mass is 9.98. The number of rotatable bonds is 6. The fourth-order valence-electron chi connectivity index (χ4n) is 3.91. The van der Waals surface area contributed by atoms with Gasteiger partial charge in [0, 0.05) is 25.2 Å². The monoisotopic (exact) mass is 493 g/mol. The van der Waals surface area contributed by atoms with Crippen molar-refractivity contribution in [2.45, 2.75) is 50.7 Å². The Bertz CT molecular complexity index is 994. The third kappa shape index (κ3) is 6.21. The van der Waals surface area contributed by atoms with Crippen molar-refractivity contribution in [2.75, 3.05) is 13.1 Å². The highest BCUT2D eigenvalue weighted by molar-refractivity contribution is 7.80. The molecule has 2 aliphatic rings. The molecule has 0 spiro atoms. The molecule has 13 nitrogen and oxygen atoms in total. The number of nitro groups is 2. The van der Waals surface area contributed by atoms with Gasteiger partial charge in [0.05, 0.1) is 27.9 Å². The molecule has 0 aromatic heterocycles. The van der Waals surface area contributed by atoms with Crippen LogP contribution in [0.2, 0.25) is 0 Å². The number of amides is 2. The van der Waals surface area contributed by atoms with Gasteiger partial charge in [0.25, 0.3) is 17.3 Å². The number of thiocarbonyl (C=S) groups is 1. The third-order valence-corrected chi connectivity index (χ3v) is 5.95. The van der Waals surface area contributed by atoms with E-state index in [1.165, 1.54) is 4.90 Å². The second-order valence-electron chi connectivity index (χ2n) is 7.97. The first-order chi connectivity index (χ1) is 16.2. The Morgan fingerprint density at radius 3 is 2.32 bits per heavy atom. The van der Waals surface area contributed by atoms with Crippen LogP contribution in [-0.4, -0.2) is 62.9 Å². The van der Waals surface area contributed by atoms with Gasteiger partial charge in [0.1, 0.15) is 12.1 Å². The number of piperazine rings is 1. The Labute approximate surface area is 199 Å². The van der Waals surface area contributed by atoms with Crippen LogP contribution in [-0.2, 0) is 14.3 Å². The number of hydrogen-bond acceptors (Lipinski definition) is 9. The molecule has 1 aromatic carbocycles. The summed E-state index contributed by atoms with van der Waals surface area (Å²) < 4.78 is 5.49. The maximum Gasteiger partial charge on any atom is 0.308 e. The van der Waals surface area contributed by atoms with E-state index in [-0.39, 0.29) is 36.3 Å². The van der Waals surface area contributed by atoms with Crippen LogP contribution in [0.15, 0.2) is 18.2 Å². The second-order valence-corrected chi connectivity index (χ2v) is 8.35. The molecule has 1 aromatic rings. The number of ether oxygens (including phenoxy) is 1. The lowest BCUT2D eigenvalue weighted by molar-refractivity contribution is -0.394. The van der Waals surface area contributed by atoms with Crippen molar-refractivity contribution in [3.05, 3.63) is 44.0 Å². The molecule has 1 atom stereocenters. The summed E-state index contributed by atoms with van der Waals surface area (Å²) in [4.78, 5) is 59.4. The molecule has 3 rings (SSSR count). The summed E-state index contributed by atoms with van der Waals surface area (Å²) in [5, 5.41) is 26.9. The molecule has 0 bridgehead atoms. The number of esters is 1. The normalized spacial score (nSPS) is 18.5. The molecular formula is C20H23N5O8S. The first-order valence-corrected chi connectivity index (χ1v) is 11.1. The standard InChI is InChI=1S/C20H23N5O8S/c26-17(33-15-4-2-1-3-5-15)11-16-19(28)21-6-7-23(16)20(34)22-18(27)12-8-13(24(29)30)10-14(9-12)25(31)32/h8-10,15-16H,1-7,11H2,(H,21,28)(H,22,27,34). The average molecular weight is 493 g/mol. The molecule has 0 radical (unpaired) electrons. The minimum Gasteiger partial charge on any atom is -0.462 e. The van der Waals surface area contributed by atoms with Gasteiger partial charge in [0.2, 0.25) is 5.91 Å². The summed E-state index contributed by atoms with van der Waals surface area (Å²) in [5.41, 5.74) is -1.62. The van der Waals surface area contributed by atoms with E-state index in [0.717, 1.165) is 50.3 Å². The van der Waals surface area contributed by atoms with Crippen LogP contribution in [0.5, 0.6) is 0 Å². The zero-order valence-electron chi connectivity index (χ0n) is 18.1. The Hall–Kier alpha value is -3.68. The predicted octanol–water partition coefficient (Wildman–Crippen LogP) is 1.58. The molecular weight excluding hydrogens is 470 g/mol. The molecule has 1 saturated heterocycles. The maximum atomic E-state index is 12.7. The Kier molecular flexibility index (Phi) is 8.04. The summed E-state index contributed by atoms with van der Waals surface area (Å²) in [6, 6.07) is 1.48. The SMILES string of the molecule is O=C(CC1C(=O)NCCN1C(=S)NC(=O)c1cc([N+](=O)[O-])cc([N+](=O)[O-])c1)OC1CCCCC1. The van der Waals surface area contributed by atoms with Crippen LogP contribution >= 0.6 is 12.2 Å². The van der Waals surface area contributed by atoms with E-state index in [2.05, 4.69) is 10.6 Å². The zero-order valence-corrected chi connectivity index (χ0v) is 18.9. The third-order valence-electron chi connectivity index (χ3n) is 5.61. The van der Waals surface area contributed by atoms with Crippen molar-refractivity contribution < 1.29 is 29.0 Å². The molecule has 1 unspecified atom stereocenters. The van der Waals surface area contributed by atoms with Crippen LogP contribution in [0.1, 0.15) is 48.9 Å². The van der Waals surface area contributed by atoms with E-state index in [1.54, 1.807) is 0 Å². The highest BCUT2D eigenvalue weighted by Gasteiger charge is 2.35. The summed E-state index contributed by atoms with van der Waals surface area (Å²) in [5.74, 6) is -1.94. The Balaban J connectivity index is 1.70. The lowest BCUT2D eigenvalue weighted by Gasteiger charge is -2.36. The van der Waals surface area contributed by atoms with Crippen LogP contribution in [0, 0.1) is 20.2 Å². The van der Waals surface area contributed by atoms with Crippen molar-refractivity contribution >= 4 is 46.5 Å². The van der Waals surface area contributed by atoms with E-state index in [9.17, 15) is 34.6 Å². The van der Waals surface area contributed by atoms with Gasteiger partial charge in [0.15, 0.2) is 5.11 Å². The summed E-state index contributed by atoms with van der Waals surface area (Å²) in [7, 11) is 0. The highest BCUT2D eigenvalue weighted by atomic mass is 32.1. The van der Waals surface area contributed by atoms with Crippen molar-refractivity contribution in [1.29, 1.82) is 0 Å². The van der Waals surface area contributed by atoms with Crippen LogP contribution < -0.4 is 10.6 Å². The number of hydrogen-bond donors (Lipinski definition) is 2. The summed E-state index contributed by atoms with van der Waals surface area (Å²) in [6.45, 7) is 0.409. The van der Waals surface area contributed by atoms with E-state index in [1.807, 2.05) is 0 Å². The van der Waals surface area contributed by atoms with E-state index < -0.39 is 45.0 Å². The second kappa shape index (κ2) is 11.0. The van der Waals surface area contributed by atoms with Gasteiger partial charge in [-0.15, -0.1) is 0 Å². The molecule has 2 N–H and O–H groups in total. The minimum absolute atomic E-state index is 0.183. The van der Waals surface area contributed by atoms with Gasteiger partial charge < -0.3 is 15.0 Å². The van der Waals surface area contributed by atoms with Gasteiger partial charge in [-0.3, -0.25) is 39.9 Å². The fourth-order valence-corrected chi connectivity index (χ4v) is 4.22. The van der Waals surface area contributed by atoms with Crippen LogP contribution in [0.25, 0.3) is 0 Å². The highest BCUT2D eigenvalue weighted by Crippen LogP contribution is 2.23. The molecule has 2 fully saturated rings. The predicted molar refractivity (Wildman–Crippen MR) is 121 cm³/mol. The number of carbonyl (C=O) groups excluding carboxylic acids is 3. The molecule has 2 amide bonds. The van der Waals surface area contributed by atoms with Crippen molar-refractivity contribution in [3.8, 4) is 0 Å². The van der Waals surface area contributed by atoms with Gasteiger partial charge in [-0.25, -0.2) is 0 Å². The number of nitrogens with zero attached hydrogens (tertiary/aromatic N) is 3. The molecule has 14 heteroatoms. The maximum absolute atomic E-state index is 12.7. The van der Waals surface area contributed by atoms with Crippen LogP contribution in [0.4, 0.5) is 11.4 Å². The topological polar surface area (TPSA) is 174 Å². The quantitative estimate of drug-likeness (QED) is 0.256. The van der Waals surface area contributed by atoms with E-state index >= 15 is 0 Å². The summed E-state index contributed by atoms with van der Waals surface area (Å²) in [6.07, 6.45) is 4.12. The Morgan fingerprint density at radius 1 is 1.12 bits per heavy atom. The first-order valence-electron chi connectivity index (χ1n) is 10.7. The minimum atomic E-state index is -1.02. The van der Waals surface area contributed by atoms with E-state index in [4.69, 9.17) is 17.0 Å². The molecule has 1 aliphatic heterocycles. The number of non-ortho nitro benzene ring substituents is 2. The number of benzene rings is 1. The van der Waals surface area contributed by atoms with Crippen molar-refractivity contribution in [2.24, 2.45) is 0 Å². The summed E-state index contributed by atoms with van der Waals surface area (Å²) >= 11 is 5.26. The van der Waals surface area contributed by atoms with Gasteiger partial charge in [-0.1, -0.05) is 6.42 Å². The van der Waals surface area contributed by atoms with Crippen molar-refractivity contribution in [3.63, 3.8) is 0 Å². The van der Waals surface area contributed by atoms with Crippen molar-refractivity contribution in [1.82, 2.24) is 15.5 Å². The smallest absolute Gasteiger partial charge is 0.308 e. The molecule has 1 saturated carbocycles.